The highest BCUT2D eigenvalue weighted by molar-refractivity contribution is 6.08. The molecule has 0 spiro atoms. The Hall–Kier alpha value is -2.63. The molecule has 1 aromatic carbocycles. The van der Waals surface area contributed by atoms with E-state index in [1.165, 1.54) is 7.11 Å². The van der Waals surface area contributed by atoms with Crippen molar-refractivity contribution in [1.82, 2.24) is 14.8 Å². The molecule has 0 unspecified atom stereocenters. The zero-order valence-electron chi connectivity index (χ0n) is 13.3. The lowest BCUT2D eigenvalue weighted by Crippen LogP contribution is -2.50. The van der Waals surface area contributed by atoms with Gasteiger partial charge in [-0.1, -0.05) is 18.2 Å². The van der Waals surface area contributed by atoms with E-state index in [9.17, 15) is 9.59 Å². The molecule has 6 nitrogen and oxygen atoms in total. The van der Waals surface area contributed by atoms with Gasteiger partial charge in [-0.15, -0.1) is 0 Å². The van der Waals surface area contributed by atoms with Crippen LogP contribution in [0.4, 0.5) is 0 Å². The molecule has 1 aliphatic heterocycles. The van der Waals surface area contributed by atoms with E-state index in [0.717, 1.165) is 10.9 Å². The number of pyridine rings is 1. The molecular weight excluding hydrogens is 294 g/mol. The monoisotopic (exact) mass is 313 g/mol. The first-order chi connectivity index (χ1) is 11.1. The van der Waals surface area contributed by atoms with E-state index in [1.54, 1.807) is 22.9 Å². The van der Waals surface area contributed by atoms with Gasteiger partial charge in [0.05, 0.1) is 24.4 Å². The molecule has 0 aliphatic carbocycles. The number of aromatic nitrogens is 1. The lowest BCUT2D eigenvalue weighted by Gasteiger charge is -2.34. The molecule has 2 aromatic rings. The Balaban J connectivity index is 1.93. The molecule has 2 heterocycles. The van der Waals surface area contributed by atoms with E-state index in [-0.39, 0.29) is 11.8 Å². The zero-order valence-corrected chi connectivity index (χ0v) is 13.3. The summed E-state index contributed by atoms with van der Waals surface area (Å²) in [5, 5.41) is 0.783. The number of amides is 2. The van der Waals surface area contributed by atoms with Gasteiger partial charge in [0.15, 0.2) is 5.75 Å². The molecule has 3 rings (SSSR count). The second kappa shape index (κ2) is 6.24. The van der Waals surface area contributed by atoms with Crippen molar-refractivity contribution in [3.05, 3.63) is 36.0 Å². The Bertz CT molecular complexity index is 752. The van der Waals surface area contributed by atoms with Crippen LogP contribution in [0.3, 0.4) is 0 Å². The van der Waals surface area contributed by atoms with Crippen LogP contribution in [0.25, 0.3) is 10.9 Å². The van der Waals surface area contributed by atoms with Gasteiger partial charge in [-0.2, -0.15) is 0 Å². The molecule has 6 heteroatoms. The first-order valence-electron chi connectivity index (χ1n) is 7.58. The van der Waals surface area contributed by atoms with Crippen LogP contribution in [0.5, 0.6) is 5.75 Å². The molecule has 1 aliphatic rings. The van der Waals surface area contributed by atoms with Crippen molar-refractivity contribution in [2.45, 2.75) is 6.92 Å². The van der Waals surface area contributed by atoms with Crippen molar-refractivity contribution < 1.29 is 14.3 Å². The maximum absolute atomic E-state index is 13.0. The van der Waals surface area contributed by atoms with Crippen molar-refractivity contribution in [3.8, 4) is 5.75 Å². The molecular formula is C17H19N3O3. The molecule has 0 radical (unpaired) electrons. The number of methoxy groups -OCH3 is 1. The van der Waals surface area contributed by atoms with Crippen molar-refractivity contribution in [1.29, 1.82) is 0 Å². The van der Waals surface area contributed by atoms with Crippen molar-refractivity contribution in [2.24, 2.45) is 0 Å². The maximum atomic E-state index is 13.0. The molecule has 120 valence electrons. The number of rotatable bonds is 2. The standard InChI is InChI=1S/C17H19N3O3/c1-12(21)19-7-9-20(10-8-19)17(22)16-13-5-3-4-6-14(13)18-11-15(16)23-2/h3-6,11H,7-10H2,1-2H3. The Morgan fingerprint density at radius 1 is 1.09 bits per heavy atom. The number of piperazine rings is 1. The number of hydrogen-bond donors (Lipinski definition) is 0. The molecule has 1 aromatic heterocycles. The molecule has 1 fully saturated rings. The van der Waals surface area contributed by atoms with Gasteiger partial charge in [0.2, 0.25) is 5.91 Å². The van der Waals surface area contributed by atoms with Crippen LogP contribution in [0.15, 0.2) is 30.5 Å². The molecule has 23 heavy (non-hydrogen) atoms. The Labute approximate surface area is 134 Å². The minimum Gasteiger partial charge on any atom is -0.494 e. The van der Waals surface area contributed by atoms with Crippen LogP contribution in [0.2, 0.25) is 0 Å². The third-order valence-electron chi connectivity index (χ3n) is 4.19. The molecule has 0 N–H and O–H groups in total. The van der Waals surface area contributed by atoms with E-state index in [1.807, 2.05) is 24.3 Å². The van der Waals surface area contributed by atoms with E-state index in [2.05, 4.69) is 4.98 Å². The number of nitrogens with zero attached hydrogens (tertiary/aromatic N) is 3. The smallest absolute Gasteiger partial charge is 0.258 e. The van der Waals surface area contributed by atoms with Gasteiger partial charge in [-0.25, -0.2) is 0 Å². The summed E-state index contributed by atoms with van der Waals surface area (Å²) in [6.07, 6.45) is 1.58. The largest absolute Gasteiger partial charge is 0.494 e. The average molecular weight is 313 g/mol. The first-order valence-corrected chi connectivity index (χ1v) is 7.58. The van der Waals surface area contributed by atoms with E-state index < -0.39 is 0 Å². The lowest BCUT2D eigenvalue weighted by molar-refractivity contribution is -0.130. The predicted molar refractivity (Wildman–Crippen MR) is 86.5 cm³/mol. The second-order valence-corrected chi connectivity index (χ2v) is 5.52. The fourth-order valence-electron chi connectivity index (χ4n) is 2.88. The van der Waals surface area contributed by atoms with Crippen molar-refractivity contribution in [3.63, 3.8) is 0 Å². The van der Waals surface area contributed by atoms with E-state index in [0.29, 0.717) is 37.5 Å². The number of carbonyl (C=O) groups excluding carboxylic acids is 2. The minimum atomic E-state index is -0.0800. The highest BCUT2D eigenvalue weighted by Crippen LogP contribution is 2.27. The number of ether oxygens (including phenoxy) is 1. The highest BCUT2D eigenvalue weighted by atomic mass is 16.5. The van der Waals surface area contributed by atoms with Crippen molar-refractivity contribution >= 4 is 22.7 Å². The number of carbonyl (C=O) groups is 2. The van der Waals surface area contributed by atoms with Crippen LogP contribution < -0.4 is 4.74 Å². The Morgan fingerprint density at radius 3 is 2.39 bits per heavy atom. The van der Waals surface area contributed by atoms with Gasteiger partial charge in [0.1, 0.15) is 0 Å². The molecule has 2 amide bonds. The van der Waals surface area contributed by atoms with E-state index in [4.69, 9.17) is 4.74 Å². The van der Waals surface area contributed by atoms with Crippen LogP contribution in [0, 0.1) is 0 Å². The second-order valence-electron chi connectivity index (χ2n) is 5.52. The summed E-state index contributed by atoms with van der Waals surface area (Å²) in [6.45, 7) is 3.73. The average Bonchev–Trinajstić information content (AvgIpc) is 2.60. The molecule has 1 saturated heterocycles. The summed E-state index contributed by atoms with van der Waals surface area (Å²) in [5.74, 6) is 0.440. The molecule has 0 atom stereocenters. The van der Waals surface area contributed by atoms with Gasteiger partial charge >= 0.3 is 0 Å². The third kappa shape index (κ3) is 2.84. The van der Waals surface area contributed by atoms with Crippen LogP contribution >= 0.6 is 0 Å². The van der Waals surface area contributed by atoms with Gasteiger partial charge < -0.3 is 14.5 Å². The number of para-hydroxylation sites is 1. The minimum absolute atomic E-state index is 0.0454. The topological polar surface area (TPSA) is 62.7 Å². The number of benzene rings is 1. The summed E-state index contributed by atoms with van der Waals surface area (Å²) < 4.78 is 5.35. The van der Waals surface area contributed by atoms with Gasteiger partial charge in [-0.05, 0) is 6.07 Å². The summed E-state index contributed by atoms with van der Waals surface area (Å²) in [7, 11) is 1.54. The zero-order chi connectivity index (χ0) is 16.4. The molecule has 0 bridgehead atoms. The summed E-state index contributed by atoms with van der Waals surface area (Å²) in [4.78, 5) is 32.2. The lowest BCUT2D eigenvalue weighted by atomic mass is 10.1. The first kappa shape index (κ1) is 15.3. The van der Waals surface area contributed by atoms with Gasteiger partial charge in [-0.3, -0.25) is 14.6 Å². The Kier molecular flexibility index (Phi) is 4.14. The fourth-order valence-corrected chi connectivity index (χ4v) is 2.88. The Morgan fingerprint density at radius 2 is 1.74 bits per heavy atom. The fraction of sp³-hybridized carbons (Fsp3) is 0.353. The van der Waals surface area contributed by atoms with Crippen LogP contribution in [0.1, 0.15) is 17.3 Å². The number of hydrogen-bond acceptors (Lipinski definition) is 4. The summed E-state index contributed by atoms with van der Waals surface area (Å²) >= 11 is 0. The van der Waals surface area contributed by atoms with Crippen LogP contribution in [-0.2, 0) is 4.79 Å². The maximum Gasteiger partial charge on any atom is 0.258 e. The SMILES string of the molecule is COc1cnc2ccccc2c1C(=O)N1CCN(C(C)=O)CC1. The summed E-state index contributed by atoms with van der Waals surface area (Å²) in [6, 6.07) is 7.53. The van der Waals surface area contributed by atoms with Gasteiger partial charge in [0.25, 0.3) is 5.91 Å². The highest BCUT2D eigenvalue weighted by Gasteiger charge is 2.26. The predicted octanol–water partition coefficient (Wildman–Crippen LogP) is 1.55. The normalized spacial score (nSPS) is 14.9. The van der Waals surface area contributed by atoms with Crippen molar-refractivity contribution in [2.75, 3.05) is 33.3 Å². The van der Waals surface area contributed by atoms with Gasteiger partial charge in [0, 0.05) is 38.5 Å². The molecule has 0 saturated carbocycles. The quantitative estimate of drug-likeness (QED) is 0.844. The third-order valence-corrected chi connectivity index (χ3v) is 4.19. The summed E-state index contributed by atoms with van der Waals surface area (Å²) in [5.41, 5.74) is 1.30. The number of fused-ring (bicyclic) bond motifs is 1. The van der Waals surface area contributed by atoms with E-state index >= 15 is 0 Å². The van der Waals surface area contributed by atoms with Crippen LogP contribution in [-0.4, -0.2) is 59.9 Å².